The molecule has 0 saturated carbocycles. The van der Waals surface area contributed by atoms with Crippen LogP contribution in [0.15, 0.2) is 0 Å². The third-order valence-corrected chi connectivity index (χ3v) is 2.72. The molecule has 1 rings (SSSR count). The molecule has 19 heavy (non-hydrogen) atoms. The van der Waals surface area contributed by atoms with Crippen molar-refractivity contribution in [2.75, 3.05) is 19.7 Å². The highest BCUT2D eigenvalue weighted by molar-refractivity contribution is 5.68. The number of carboxylic acids is 1. The number of hydrogen-bond acceptors (Lipinski definition) is 4. The average molecular weight is 273 g/mol. The Morgan fingerprint density at radius 2 is 2.00 bits per heavy atom. The van der Waals surface area contributed by atoms with Crippen molar-refractivity contribution in [3.63, 3.8) is 0 Å². The molecular weight excluding hydrogens is 250 g/mol. The van der Waals surface area contributed by atoms with Gasteiger partial charge < -0.3 is 19.5 Å². The van der Waals surface area contributed by atoms with Crippen molar-refractivity contribution in [3.8, 4) is 0 Å². The Hall–Kier alpha value is -1.30. The van der Waals surface area contributed by atoms with E-state index in [2.05, 4.69) is 0 Å². The lowest BCUT2D eigenvalue weighted by Gasteiger charge is -2.28. The molecule has 6 heteroatoms. The summed E-state index contributed by atoms with van der Waals surface area (Å²) in [5.41, 5.74) is -0.527. The number of amides is 1. The second-order valence-electron chi connectivity index (χ2n) is 5.75. The van der Waals surface area contributed by atoms with Crippen LogP contribution < -0.4 is 0 Å². The van der Waals surface area contributed by atoms with Gasteiger partial charge in [-0.25, -0.2) is 9.59 Å². The molecule has 0 aliphatic carbocycles. The Morgan fingerprint density at radius 1 is 1.32 bits per heavy atom. The molecular formula is C13H23NO5. The van der Waals surface area contributed by atoms with Gasteiger partial charge in [0.25, 0.3) is 0 Å². The lowest BCUT2D eigenvalue weighted by atomic mass is 10.2. The molecule has 1 heterocycles. The van der Waals surface area contributed by atoms with Gasteiger partial charge in [0.05, 0.1) is 12.6 Å². The number of carboxylic acid groups (broad SMARTS) is 1. The summed E-state index contributed by atoms with van der Waals surface area (Å²) < 4.78 is 10.6. The molecule has 0 aromatic heterocycles. The predicted molar refractivity (Wildman–Crippen MR) is 69.0 cm³/mol. The zero-order valence-electron chi connectivity index (χ0n) is 11.8. The zero-order chi connectivity index (χ0) is 14.5. The van der Waals surface area contributed by atoms with Crippen LogP contribution in [-0.4, -0.2) is 53.5 Å². The molecule has 6 nitrogen and oxygen atoms in total. The van der Waals surface area contributed by atoms with Crippen LogP contribution in [0, 0.1) is 0 Å². The highest BCUT2D eigenvalue weighted by Gasteiger charge is 2.26. The van der Waals surface area contributed by atoms with Crippen molar-refractivity contribution in [1.82, 2.24) is 4.90 Å². The summed E-state index contributed by atoms with van der Waals surface area (Å²) in [5, 5.41) is 8.61. The van der Waals surface area contributed by atoms with E-state index in [9.17, 15) is 9.59 Å². The maximum atomic E-state index is 12.0. The van der Waals surface area contributed by atoms with Crippen molar-refractivity contribution in [2.45, 2.75) is 51.7 Å². The summed E-state index contributed by atoms with van der Waals surface area (Å²) in [5.74, 6) is -0.993. The summed E-state index contributed by atoms with van der Waals surface area (Å²) in [6, 6.07) is 0. The topological polar surface area (TPSA) is 76.1 Å². The zero-order valence-corrected chi connectivity index (χ0v) is 11.8. The van der Waals surface area contributed by atoms with Gasteiger partial charge in [-0.3, -0.25) is 0 Å². The summed E-state index contributed by atoms with van der Waals surface area (Å²) in [6.45, 7) is 6.15. The molecule has 0 aromatic carbocycles. The third-order valence-electron chi connectivity index (χ3n) is 2.72. The fraction of sp³-hybridized carbons (Fsp3) is 0.846. The highest BCUT2D eigenvalue weighted by Crippen LogP contribution is 2.17. The molecule has 1 atom stereocenters. The van der Waals surface area contributed by atoms with Gasteiger partial charge in [0.15, 0.2) is 0 Å². The van der Waals surface area contributed by atoms with E-state index in [4.69, 9.17) is 14.6 Å². The van der Waals surface area contributed by atoms with E-state index in [0.29, 0.717) is 13.1 Å². The van der Waals surface area contributed by atoms with Crippen molar-refractivity contribution < 1.29 is 24.2 Å². The highest BCUT2D eigenvalue weighted by atomic mass is 16.6. The molecule has 0 radical (unpaired) electrons. The standard InChI is InChI=1S/C13H23NO5/c1-13(2,3)19-12(17)14-7-5-4-6-10(8-14)18-9-11(15)16/h10H,4-9H2,1-3H3,(H,15,16). The Kier molecular flexibility index (Phi) is 5.60. The van der Waals surface area contributed by atoms with Crippen LogP contribution in [0.5, 0.6) is 0 Å². The molecule has 1 saturated heterocycles. The quantitative estimate of drug-likeness (QED) is 0.849. The minimum atomic E-state index is -0.993. The number of aliphatic carboxylic acids is 1. The molecule has 1 aliphatic rings. The summed E-state index contributed by atoms with van der Waals surface area (Å²) in [7, 11) is 0. The first-order valence-corrected chi connectivity index (χ1v) is 6.59. The monoisotopic (exact) mass is 273 g/mol. The van der Waals surface area contributed by atoms with Gasteiger partial charge >= 0.3 is 12.1 Å². The molecule has 1 N–H and O–H groups in total. The van der Waals surface area contributed by atoms with Gasteiger partial charge in [0, 0.05) is 6.54 Å². The van der Waals surface area contributed by atoms with E-state index in [0.717, 1.165) is 19.3 Å². The molecule has 1 amide bonds. The number of ether oxygens (including phenoxy) is 2. The second-order valence-corrected chi connectivity index (χ2v) is 5.75. The lowest BCUT2D eigenvalue weighted by Crippen LogP contribution is -2.41. The van der Waals surface area contributed by atoms with Crippen LogP contribution in [0.4, 0.5) is 4.79 Å². The smallest absolute Gasteiger partial charge is 0.410 e. The van der Waals surface area contributed by atoms with Crippen LogP contribution in [0.2, 0.25) is 0 Å². The van der Waals surface area contributed by atoms with E-state index in [1.54, 1.807) is 4.90 Å². The molecule has 1 fully saturated rings. The van der Waals surface area contributed by atoms with Crippen molar-refractivity contribution in [2.24, 2.45) is 0 Å². The number of carbonyl (C=O) groups excluding carboxylic acids is 1. The van der Waals surface area contributed by atoms with Gasteiger partial charge in [-0.05, 0) is 40.0 Å². The SMILES string of the molecule is CC(C)(C)OC(=O)N1CCCCC(OCC(=O)O)C1. The number of nitrogens with zero attached hydrogens (tertiary/aromatic N) is 1. The lowest BCUT2D eigenvalue weighted by molar-refractivity contribution is -0.144. The largest absolute Gasteiger partial charge is 0.480 e. The molecule has 0 aromatic rings. The first kappa shape index (κ1) is 15.8. The molecule has 0 spiro atoms. The van der Waals surface area contributed by atoms with E-state index in [-0.39, 0.29) is 18.8 Å². The van der Waals surface area contributed by atoms with Crippen LogP contribution in [0.3, 0.4) is 0 Å². The van der Waals surface area contributed by atoms with Gasteiger partial charge in [0.2, 0.25) is 0 Å². The van der Waals surface area contributed by atoms with Crippen molar-refractivity contribution in [3.05, 3.63) is 0 Å². The Bertz CT molecular complexity index is 323. The maximum absolute atomic E-state index is 12.0. The van der Waals surface area contributed by atoms with Crippen LogP contribution >= 0.6 is 0 Å². The van der Waals surface area contributed by atoms with E-state index in [1.807, 2.05) is 20.8 Å². The van der Waals surface area contributed by atoms with Gasteiger partial charge in [-0.2, -0.15) is 0 Å². The summed E-state index contributed by atoms with van der Waals surface area (Å²) >= 11 is 0. The van der Waals surface area contributed by atoms with Gasteiger partial charge in [0.1, 0.15) is 12.2 Å². The fourth-order valence-electron chi connectivity index (χ4n) is 1.92. The molecule has 1 unspecified atom stereocenters. The van der Waals surface area contributed by atoms with Crippen LogP contribution in [0.25, 0.3) is 0 Å². The maximum Gasteiger partial charge on any atom is 0.410 e. The van der Waals surface area contributed by atoms with E-state index < -0.39 is 11.6 Å². The fourth-order valence-corrected chi connectivity index (χ4v) is 1.92. The Balaban J connectivity index is 2.52. The Morgan fingerprint density at radius 3 is 2.58 bits per heavy atom. The normalized spacial score (nSPS) is 20.8. The second kappa shape index (κ2) is 6.75. The first-order chi connectivity index (χ1) is 8.78. The number of likely N-dealkylation sites (tertiary alicyclic amines) is 1. The summed E-state index contributed by atoms with van der Waals surface area (Å²) in [4.78, 5) is 24.1. The number of carbonyl (C=O) groups is 2. The molecule has 1 aliphatic heterocycles. The van der Waals surface area contributed by atoms with Gasteiger partial charge in [-0.1, -0.05) is 0 Å². The van der Waals surface area contributed by atoms with Crippen molar-refractivity contribution >= 4 is 12.1 Å². The minimum absolute atomic E-state index is 0.230. The van der Waals surface area contributed by atoms with Crippen LogP contribution in [-0.2, 0) is 14.3 Å². The van der Waals surface area contributed by atoms with Gasteiger partial charge in [-0.15, -0.1) is 0 Å². The predicted octanol–water partition coefficient (Wildman–Crippen LogP) is 1.88. The van der Waals surface area contributed by atoms with E-state index in [1.165, 1.54) is 0 Å². The molecule has 110 valence electrons. The average Bonchev–Trinajstić information content (AvgIpc) is 2.49. The Labute approximate surface area is 113 Å². The van der Waals surface area contributed by atoms with Crippen molar-refractivity contribution in [1.29, 1.82) is 0 Å². The minimum Gasteiger partial charge on any atom is -0.480 e. The summed E-state index contributed by atoms with van der Waals surface area (Å²) in [6.07, 6.45) is 1.98. The molecule has 0 bridgehead atoms. The third kappa shape index (κ3) is 6.42. The van der Waals surface area contributed by atoms with Crippen LogP contribution in [0.1, 0.15) is 40.0 Å². The number of hydrogen-bond donors (Lipinski definition) is 1. The first-order valence-electron chi connectivity index (χ1n) is 6.59. The van der Waals surface area contributed by atoms with E-state index >= 15 is 0 Å². The number of rotatable bonds is 3.